The van der Waals surface area contributed by atoms with Crippen molar-refractivity contribution in [3.63, 3.8) is 0 Å². The summed E-state index contributed by atoms with van der Waals surface area (Å²) in [5.74, 6) is 7.59. The van der Waals surface area contributed by atoms with Crippen LogP contribution in [0.5, 0.6) is 0 Å². The summed E-state index contributed by atoms with van der Waals surface area (Å²) >= 11 is 0. The van der Waals surface area contributed by atoms with Gasteiger partial charge in [0.15, 0.2) is 0 Å². The van der Waals surface area contributed by atoms with E-state index in [1.165, 1.54) is 0 Å². The summed E-state index contributed by atoms with van der Waals surface area (Å²) < 4.78 is 11.1. The Balaban J connectivity index is 1.63. The van der Waals surface area contributed by atoms with E-state index in [1.807, 2.05) is 79.7 Å². The minimum atomic E-state index is -0.560. The number of nitrogens with one attached hydrogen (secondary N) is 2. The lowest BCUT2D eigenvalue weighted by atomic mass is 10.1. The zero-order valence-corrected chi connectivity index (χ0v) is 26.1. The Morgan fingerprint density at radius 3 is 1.76 bits per heavy atom. The van der Waals surface area contributed by atoms with E-state index in [1.54, 1.807) is 22.2 Å². The number of imidazole rings is 2. The van der Waals surface area contributed by atoms with E-state index in [0.29, 0.717) is 43.5 Å². The molecule has 1 aromatic carbocycles. The number of aromatic nitrogens is 4. The van der Waals surface area contributed by atoms with Gasteiger partial charge in [0.1, 0.15) is 28.5 Å². The number of ether oxygens (including phenoxy) is 2. The first-order chi connectivity index (χ1) is 19.8. The molecular weight excluding hydrogens is 532 g/mol. The molecule has 0 saturated heterocycles. The second kappa shape index (κ2) is 14.1. The lowest BCUT2D eigenvalue weighted by Gasteiger charge is -2.26. The molecule has 0 fully saturated rings. The number of hydrogen-bond donors (Lipinski definition) is 2. The zero-order chi connectivity index (χ0) is 30.9. The number of carbonyl (C=O) groups excluding carboxylic acids is 2. The van der Waals surface area contributed by atoms with Crippen LogP contribution in [-0.2, 0) is 22.6 Å². The van der Waals surface area contributed by atoms with E-state index < -0.39 is 11.2 Å². The van der Waals surface area contributed by atoms with Crippen molar-refractivity contribution in [1.82, 2.24) is 29.7 Å². The van der Waals surface area contributed by atoms with Crippen molar-refractivity contribution in [2.75, 3.05) is 13.1 Å². The molecule has 3 rings (SSSR count). The van der Waals surface area contributed by atoms with Crippen LogP contribution < -0.4 is 0 Å². The van der Waals surface area contributed by atoms with Gasteiger partial charge < -0.3 is 29.2 Å². The van der Waals surface area contributed by atoms with Crippen molar-refractivity contribution in [2.45, 2.75) is 92.5 Å². The van der Waals surface area contributed by atoms with Crippen LogP contribution in [0.2, 0.25) is 0 Å². The van der Waals surface area contributed by atoms with Gasteiger partial charge in [0.05, 0.1) is 31.2 Å². The summed E-state index contributed by atoms with van der Waals surface area (Å²) in [6.07, 6.45) is 4.35. The van der Waals surface area contributed by atoms with Gasteiger partial charge in [0.2, 0.25) is 0 Å². The van der Waals surface area contributed by atoms with Crippen LogP contribution in [0.3, 0.4) is 0 Å². The highest BCUT2D eigenvalue weighted by Gasteiger charge is 2.23. The Morgan fingerprint density at radius 2 is 1.26 bits per heavy atom. The fourth-order valence-corrected chi connectivity index (χ4v) is 3.99. The summed E-state index contributed by atoms with van der Waals surface area (Å²) in [5.41, 5.74) is 2.20. The molecule has 0 saturated carbocycles. The highest BCUT2D eigenvalue weighted by molar-refractivity contribution is 5.68. The molecule has 0 aliphatic carbocycles. The largest absolute Gasteiger partial charge is 0.444 e. The van der Waals surface area contributed by atoms with Crippen molar-refractivity contribution < 1.29 is 19.1 Å². The molecule has 0 unspecified atom stereocenters. The molecule has 10 heteroatoms. The summed E-state index contributed by atoms with van der Waals surface area (Å²) in [6, 6.07) is 7.83. The van der Waals surface area contributed by atoms with Crippen LogP contribution >= 0.6 is 0 Å². The SMILES string of the molecule is CCCN(Cc1ncc(C#Cc2ccc(-c3cnc(CN(CCC)C(=O)OC(C)(C)C)[nH]3)cc2)[nH]1)C(=O)OC(C)(C)C. The number of amides is 2. The first kappa shape index (κ1) is 32.3. The molecule has 42 heavy (non-hydrogen) atoms. The summed E-state index contributed by atoms with van der Waals surface area (Å²) in [4.78, 5) is 43.8. The van der Waals surface area contributed by atoms with Crippen molar-refractivity contribution in [3.05, 3.63) is 59.6 Å². The minimum Gasteiger partial charge on any atom is -0.444 e. The molecule has 2 amide bonds. The van der Waals surface area contributed by atoms with E-state index in [-0.39, 0.29) is 12.2 Å². The lowest BCUT2D eigenvalue weighted by molar-refractivity contribution is 0.0219. The number of benzene rings is 1. The quantitative estimate of drug-likeness (QED) is 0.281. The molecule has 0 aliphatic heterocycles. The van der Waals surface area contributed by atoms with Gasteiger partial charge in [-0.25, -0.2) is 19.6 Å². The molecule has 2 aromatic heterocycles. The lowest BCUT2D eigenvalue weighted by Crippen LogP contribution is -2.37. The number of hydrogen-bond acceptors (Lipinski definition) is 6. The van der Waals surface area contributed by atoms with Gasteiger partial charge in [-0.15, -0.1) is 0 Å². The fourth-order valence-electron chi connectivity index (χ4n) is 3.99. The molecule has 226 valence electrons. The fraction of sp³-hybridized carbons (Fsp3) is 0.500. The van der Waals surface area contributed by atoms with E-state index in [9.17, 15) is 9.59 Å². The molecule has 10 nitrogen and oxygen atoms in total. The average molecular weight is 577 g/mol. The van der Waals surface area contributed by atoms with Crippen LogP contribution in [0.4, 0.5) is 9.59 Å². The van der Waals surface area contributed by atoms with Gasteiger partial charge in [-0.05, 0) is 78.0 Å². The second-order valence-electron chi connectivity index (χ2n) is 12.1. The Morgan fingerprint density at radius 1 is 0.762 bits per heavy atom. The maximum atomic E-state index is 12.6. The Labute approximate surface area is 249 Å². The highest BCUT2D eigenvalue weighted by Crippen LogP contribution is 2.19. The van der Waals surface area contributed by atoms with Crippen molar-refractivity contribution in [1.29, 1.82) is 0 Å². The first-order valence-corrected chi connectivity index (χ1v) is 14.4. The number of aromatic amines is 2. The van der Waals surface area contributed by atoms with E-state index in [4.69, 9.17) is 9.47 Å². The number of nitrogens with zero attached hydrogens (tertiary/aromatic N) is 4. The van der Waals surface area contributed by atoms with E-state index in [0.717, 1.165) is 29.7 Å². The van der Waals surface area contributed by atoms with Gasteiger partial charge in [-0.3, -0.25) is 0 Å². The van der Waals surface area contributed by atoms with Gasteiger partial charge >= 0.3 is 12.2 Å². The second-order valence-corrected chi connectivity index (χ2v) is 12.1. The molecule has 0 aliphatic rings. The number of carbonyl (C=O) groups is 2. The molecule has 0 spiro atoms. The topological polar surface area (TPSA) is 116 Å². The highest BCUT2D eigenvalue weighted by atomic mass is 16.6. The third-order valence-corrected chi connectivity index (χ3v) is 5.77. The maximum absolute atomic E-state index is 12.6. The van der Waals surface area contributed by atoms with Gasteiger partial charge in [0.25, 0.3) is 0 Å². The summed E-state index contributed by atoms with van der Waals surface area (Å²) in [7, 11) is 0. The molecule has 0 radical (unpaired) electrons. The Kier molecular flexibility index (Phi) is 10.8. The molecule has 2 heterocycles. The van der Waals surface area contributed by atoms with E-state index in [2.05, 4.69) is 31.8 Å². The van der Waals surface area contributed by atoms with Crippen LogP contribution in [-0.4, -0.2) is 66.2 Å². The van der Waals surface area contributed by atoms with Crippen LogP contribution in [0.1, 0.15) is 91.1 Å². The Bertz CT molecular complexity index is 1380. The van der Waals surface area contributed by atoms with Crippen LogP contribution in [0, 0.1) is 11.8 Å². The standard InChI is InChI=1S/C32H44N6O4/c1-9-17-37(29(39)41-31(3,4)5)21-27-33-19-25(35-27)16-13-23-11-14-24(15-12-23)26-20-34-28(36-26)22-38(18-10-2)30(40)42-32(6,7)8/h11-12,14-15,19-20H,9-10,17-18,21-22H2,1-8H3,(H,33,35)(H,34,36). The predicted octanol–water partition coefficient (Wildman–Crippen LogP) is 6.49. The number of rotatable bonds is 9. The summed E-state index contributed by atoms with van der Waals surface area (Å²) in [5, 5.41) is 0. The Hall–Kier alpha value is -4.26. The molecule has 3 aromatic rings. The van der Waals surface area contributed by atoms with Gasteiger partial charge in [-0.2, -0.15) is 0 Å². The van der Waals surface area contributed by atoms with Crippen molar-refractivity contribution in [3.8, 4) is 23.1 Å². The average Bonchev–Trinajstić information content (AvgIpc) is 3.55. The molecule has 0 bridgehead atoms. The van der Waals surface area contributed by atoms with Gasteiger partial charge in [-0.1, -0.05) is 31.9 Å². The van der Waals surface area contributed by atoms with Crippen molar-refractivity contribution >= 4 is 12.2 Å². The molecule has 2 N–H and O–H groups in total. The van der Waals surface area contributed by atoms with Gasteiger partial charge in [0, 0.05) is 18.7 Å². The third kappa shape index (κ3) is 10.3. The van der Waals surface area contributed by atoms with Crippen molar-refractivity contribution in [2.24, 2.45) is 0 Å². The number of H-pyrrole nitrogens is 2. The van der Waals surface area contributed by atoms with Crippen LogP contribution in [0.25, 0.3) is 11.3 Å². The molecular formula is C32H44N6O4. The summed E-state index contributed by atoms with van der Waals surface area (Å²) in [6.45, 7) is 17.0. The monoisotopic (exact) mass is 576 g/mol. The minimum absolute atomic E-state index is 0.319. The normalized spacial score (nSPS) is 11.4. The smallest absolute Gasteiger partial charge is 0.410 e. The maximum Gasteiger partial charge on any atom is 0.410 e. The predicted molar refractivity (Wildman–Crippen MR) is 162 cm³/mol. The first-order valence-electron chi connectivity index (χ1n) is 14.4. The zero-order valence-electron chi connectivity index (χ0n) is 26.1. The molecule has 0 atom stereocenters. The van der Waals surface area contributed by atoms with E-state index >= 15 is 0 Å². The van der Waals surface area contributed by atoms with Crippen LogP contribution in [0.15, 0.2) is 36.7 Å². The third-order valence-electron chi connectivity index (χ3n) is 5.77.